The number of alkyl halides is 3. The van der Waals surface area contributed by atoms with Crippen LogP contribution in [0.15, 0.2) is 35.7 Å². The minimum Gasteiger partial charge on any atom is -0.307 e. The fraction of sp³-hybridized carbons (Fsp3) is 0.250. The van der Waals surface area contributed by atoms with E-state index in [0.717, 1.165) is 18.2 Å². The van der Waals surface area contributed by atoms with Crippen LogP contribution in [0.1, 0.15) is 5.56 Å². The van der Waals surface area contributed by atoms with Gasteiger partial charge in [0.25, 0.3) is 0 Å². The van der Waals surface area contributed by atoms with Gasteiger partial charge in [-0.1, -0.05) is 6.58 Å². The molecule has 18 heavy (non-hydrogen) atoms. The van der Waals surface area contributed by atoms with Crippen molar-refractivity contribution in [1.82, 2.24) is 0 Å². The Morgan fingerprint density at radius 3 is 2.78 bits per heavy atom. The number of halogens is 3. The highest BCUT2D eigenvalue weighted by atomic mass is 32.2. The van der Waals surface area contributed by atoms with Gasteiger partial charge < -0.3 is 4.90 Å². The molecule has 2 nitrogen and oxygen atoms in total. The smallest absolute Gasteiger partial charge is 0.307 e. The zero-order chi connectivity index (χ0) is 13.3. The number of carbonyl (C=O) groups is 1. The second-order valence-corrected chi connectivity index (χ2v) is 4.86. The summed E-state index contributed by atoms with van der Waals surface area (Å²) in [5, 5.41) is 0. The quantitative estimate of drug-likeness (QED) is 0.731. The molecule has 0 saturated heterocycles. The molecule has 0 unspecified atom stereocenters. The Kier molecular flexibility index (Phi) is 3.38. The first kappa shape index (κ1) is 13.0. The number of hydrogen-bond donors (Lipinski definition) is 0. The monoisotopic (exact) mass is 273 g/mol. The van der Waals surface area contributed by atoms with Crippen LogP contribution in [0.5, 0.6) is 0 Å². The van der Waals surface area contributed by atoms with Crippen molar-refractivity contribution in [2.75, 3.05) is 17.2 Å². The molecule has 2 rings (SSSR count). The molecule has 0 N–H and O–H groups in total. The minimum absolute atomic E-state index is 0.311. The van der Waals surface area contributed by atoms with Crippen LogP contribution in [-0.4, -0.2) is 18.2 Å². The van der Waals surface area contributed by atoms with Crippen LogP contribution in [0.2, 0.25) is 0 Å². The summed E-state index contributed by atoms with van der Waals surface area (Å²) in [6.45, 7) is 3.75. The lowest BCUT2D eigenvalue weighted by molar-refractivity contribution is -0.137. The van der Waals surface area contributed by atoms with E-state index in [1.54, 1.807) is 0 Å². The predicted octanol–water partition coefficient (Wildman–Crippen LogP) is 3.33. The molecule has 0 bridgehead atoms. The van der Waals surface area contributed by atoms with Gasteiger partial charge in [-0.25, -0.2) is 0 Å². The van der Waals surface area contributed by atoms with Crippen LogP contribution in [0.4, 0.5) is 18.9 Å². The number of benzene rings is 1. The molecule has 96 valence electrons. The summed E-state index contributed by atoms with van der Waals surface area (Å²) in [6, 6.07) is 3.46. The Hall–Kier alpha value is -1.43. The van der Waals surface area contributed by atoms with E-state index in [0.29, 0.717) is 22.9 Å². The fourth-order valence-corrected chi connectivity index (χ4v) is 2.71. The number of nitrogens with zero attached hydrogens (tertiary/aromatic N) is 1. The molecular weight excluding hydrogens is 263 g/mol. The lowest BCUT2D eigenvalue weighted by Gasteiger charge is -2.28. The van der Waals surface area contributed by atoms with Gasteiger partial charge in [0.1, 0.15) is 0 Å². The third-order valence-corrected chi connectivity index (χ3v) is 3.63. The molecule has 1 amide bonds. The highest BCUT2D eigenvalue weighted by Crippen LogP contribution is 2.39. The van der Waals surface area contributed by atoms with Crippen LogP contribution in [0.3, 0.4) is 0 Å². The van der Waals surface area contributed by atoms with Crippen molar-refractivity contribution >= 4 is 23.4 Å². The van der Waals surface area contributed by atoms with E-state index in [-0.39, 0.29) is 5.91 Å². The highest BCUT2D eigenvalue weighted by Gasteiger charge is 2.32. The second-order valence-electron chi connectivity index (χ2n) is 3.72. The summed E-state index contributed by atoms with van der Waals surface area (Å²) in [5.74, 6) is 0.286. The average molecular weight is 273 g/mol. The molecule has 0 spiro atoms. The van der Waals surface area contributed by atoms with Crippen LogP contribution in [0.25, 0.3) is 0 Å². The van der Waals surface area contributed by atoms with Gasteiger partial charge >= 0.3 is 6.18 Å². The maximum Gasteiger partial charge on any atom is 0.416 e. The van der Waals surface area contributed by atoms with Crippen molar-refractivity contribution in [1.29, 1.82) is 0 Å². The maximum absolute atomic E-state index is 12.6. The summed E-state index contributed by atoms with van der Waals surface area (Å²) in [4.78, 5) is 13.6. The molecule has 0 aliphatic carbocycles. The van der Waals surface area contributed by atoms with Crippen LogP contribution >= 0.6 is 11.8 Å². The van der Waals surface area contributed by atoms with Gasteiger partial charge in [-0.3, -0.25) is 4.79 Å². The Morgan fingerprint density at radius 1 is 1.44 bits per heavy atom. The highest BCUT2D eigenvalue weighted by molar-refractivity contribution is 7.99. The molecular formula is C12H10F3NOS. The molecule has 1 heterocycles. The summed E-state index contributed by atoms with van der Waals surface area (Å²) in [6.07, 6.45) is -3.29. The van der Waals surface area contributed by atoms with E-state index in [9.17, 15) is 18.0 Å². The number of hydrogen-bond acceptors (Lipinski definition) is 2. The molecule has 0 atom stereocenters. The van der Waals surface area contributed by atoms with E-state index in [1.165, 1.54) is 22.7 Å². The Labute approximate surface area is 106 Å². The summed E-state index contributed by atoms with van der Waals surface area (Å²) in [5.41, 5.74) is -0.434. The van der Waals surface area contributed by atoms with Crippen LogP contribution in [0, 0.1) is 0 Å². The molecule has 0 fully saturated rings. The number of fused-ring (bicyclic) bond motifs is 1. The second kappa shape index (κ2) is 4.68. The Balaban J connectivity index is 2.48. The molecule has 0 aromatic heterocycles. The lowest BCUT2D eigenvalue weighted by atomic mass is 10.1. The maximum atomic E-state index is 12.6. The van der Waals surface area contributed by atoms with Crippen molar-refractivity contribution in [3.05, 3.63) is 36.4 Å². The molecule has 1 aromatic rings. The minimum atomic E-state index is -4.40. The number of amides is 1. The topological polar surface area (TPSA) is 20.3 Å². The van der Waals surface area contributed by atoms with Crippen molar-refractivity contribution in [2.45, 2.75) is 11.1 Å². The van der Waals surface area contributed by atoms with E-state index < -0.39 is 11.7 Å². The van der Waals surface area contributed by atoms with Crippen molar-refractivity contribution in [3.63, 3.8) is 0 Å². The van der Waals surface area contributed by atoms with Crippen molar-refractivity contribution in [2.24, 2.45) is 0 Å². The number of anilines is 1. The van der Waals surface area contributed by atoms with Gasteiger partial charge in [0.2, 0.25) is 5.91 Å². The molecule has 0 radical (unpaired) electrons. The van der Waals surface area contributed by atoms with Crippen LogP contribution in [-0.2, 0) is 11.0 Å². The third-order valence-electron chi connectivity index (χ3n) is 2.59. The van der Waals surface area contributed by atoms with E-state index in [1.807, 2.05) is 0 Å². The van der Waals surface area contributed by atoms with Crippen molar-refractivity contribution in [3.8, 4) is 0 Å². The first-order chi connectivity index (χ1) is 8.43. The van der Waals surface area contributed by atoms with E-state index in [4.69, 9.17) is 0 Å². The van der Waals surface area contributed by atoms with E-state index >= 15 is 0 Å². The number of rotatable bonds is 1. The van der Waals surface area contributed by atoms with Gasteiger partial charge in [-0.2, -0.15) is 13.2 Å². The molecule has 6 heteroatoms. The predicted molar refractivity (Wildman–Crippen MR) is 64.7 cm³/mol. The number of thioether (sulfide) groups is 1. The zero-order valence-corrected chi connectivity index (χ0v) is 10.1. The summed E-state index contributed by atoms with van der Waals surface area (Å²) < 4.78 is 37.9. The van der Waals surface area contributed by atoms with Gasteiger partial charge in [0.05, 0.1) is 11.3 Å². The standard InChI is InChI=1S/C12H10F3NOS/c1-2-11(17)16-5-6-18-10-4-3-8(7-9(10)16)12(13,14)15/h2-4,7H,1,5-6H2. The zero-order valence-electron chi connectivity index (χ0n) is 9.33. The lowest BCUT2D eigenvalue weighted by Crippen LogP contribution is -2.34. The number of carbonyl (C=O) groups excluding carboxylic acids is 1. The molecule has 1 aromatic carbocycles. The first-order valence-corrected chi connectivity index (χ1v) is 6.20. The van der Waals surface area contributed by atoms with Gasteiger partial charge in [-0.05, 0) is 24.3 Å². The van der Waals surface area contributed by atoms with Gasteiger partial charge in [0.15, 0.2) is 0 Å². The van der Waals surface area contributed by atoms with Crippen molar-refractivity contribution < 1.29 is 18.0 Å². The molecule has 1 aliphatic heterocycles. The normalized spacial score (nSPS) is 15.2. The van der Waals surface area contributed by atoms with Gasteiger partial charge in [0, 0.05) is 17.2 Å². The first-order valence-electron chi connectivity index (χ1n) is 5.21. The fourth-order valence-electron chi connectivity index (χ4n) is 1.73. The largest absolute Gasteiger partial charge is 0.416 e. The van der Waals surface area contributed by atoms with Gasteiger partial charge in [-0.15, -0.1) is 11.8 Å². The summed E-state index contributed by atoms with van der Waals surface area (Å²) in [7, 11) is 0. The molecule has 0 saturated carbocycles. The molecule has 1 aliphatic rings. The van der Waals surface area contributed by atoms with E-state index in [2.05, 4.69) is 6.58 Å². The average Bonchev–Trinajstić information content (AvgIpc) is 2.35. The summed E-state index contributed by atoms with van der Waals surface area (Å²) >= 11 is 1.44. The SMILES string of the molecule is C=CC(=O)N1CCSc2ccc(C(F)(F)F)cc21. The Bertz CT molecular complexity index is 499. The third kappa shape index (κ3) is 2.38. The Morgan fingerprint density at radius 2 is 2.17 bits per heavy atom. The van der Waals surface area contributed by atoms with Crippen LogP contribution < -0.4 is 4.90 Å².